The molecule has 0 unspecified atom stereocenters. The van der Waals surface area contributed by atoms with Gasteiger partial charge in [0.25, 0.3) is 0 Å². The van der Waals surface area contributed by atoms with E-state index in [0.717, 1.165) is 27.9 Å². The summed E-state index contributed by atoms with van der Waals surface area (Å²) in [5.41, 5.74) is 5.68. The van der Waals surface area contributed by atoms with Crippen molar-refractivity contribution in [1.82, 2.24) is 24.6 Å². The predicted molar refractivity (Wildman–Crippen MR) is 95.3 cm³/mol. The van der Waals surface area contributed by atoms with Crippen molar-refractivity contribution in [2.24, 2.45) is 0 Å². The number of hydrogen-bond donors (Lipinski definition) is 1. The Balaban J connectivity index is 2.01. The Kier molecular flexibility index (Phi) is 3.56. The first-order valence-corrected chi connectivity index (χ1v) is 8.06. The Bertz CT molecular complexity index is 1060. The lowest BCUT2D eigenvalue weighted by Gasteiger charge is -2.10. The molecule has 0 fully saturated rings. The molecule has 0 saturated carbocycles. The van der Waals surface area contributed by atoms with E-state index in [1.807, 2.05) is 24.4 Å². The highest BCUT2D eigenvalue weighted by Crippen LogP contribution is 2.36. The fourth-order valence-corrected chi connectivity index (χ4v) is 3.15. The van der Waals surface area contributed by atoms with E-state index in [1.54, 1.807) is 18.7 Å². The molecule has 0 radical (unpaired) electrons. The molecule has 4 aromatic rings. The highest BCUT2D eigenvalue weighted by atomic mass is 16.5. The van der Waals surface area contributed by atoms with Crippen LogP contribution in [-0.4, -0.2) is 38.8 Å². The van der Waals surface area contributed by atoms with E-state index in [2.05, 4.69) is 33.9 Å². The van der Waals surface area contributed by atoms with Gasteiger partial charge in [-0.3, -0.25) is 0 Å². The fraction of sp³-hybridized carbons (Fsp3) is 0.278. The number of fused-ring (bicyclic) bond motifs is 2. The normalized spacial score (nSPS) is 11.6. The van der Waals surface area contributed by atoms with Crippen LogP contribution in [0.5, 0.6) is 11.6 Å². The molecule has 4 aromatic heterocycles. The molecule has 4 rings (SSSR count). The maximum atomic E-state index is 5.49. The van der Waals surface area contributed by atoms with Gasteiger partial charge in [0.1, 0.15) is 6.33 Å². The summed E-state index contributed by atoms with van der Waals surface area (Å²) in [7, 11) is 3.26. The van der Waals surface area contributed by atoms with Crippen LogP contribution in [0.2, 0.25) is 0 Å². The number of aromatic nitrogens is 5. The third-order valence-corrected chi connectivity index (χ3v) is 4.29. The van der Waals surface area contributed by atoms with E-state index in [9.17, 15) is 0 Å². The lowest BCUT2D eigenvalue weighted by molar-refractivity contribution is 0.399. The molecule has 1 N–H and O–H groups in total. The second-order valence-corrected chi connectivity index (χ2v) is 6.14. The van der Waals surface area contributed by atoms with Crippen LogP contribution in [0.4, 0.5) is 0 Å². The molecule has 0 bridgehead atoms. The molecule has 0 saturated heterocycles. The average Bonchev–Trinajstić information content (AvgIpc) is 3.23. The van der Waals surface area contributed by atoms with Crippen molar-refractivity contribution in [2.45, 2.75) is 19.8 Å². The first kappa shape index (κ1) is 15.4. The van der Waals surface area contributed by atoms with Crippen molar-refractivity contribution >= 4 is 16.7 Å². The van der Waals surface area contributed by atoms with Crippen LogP contribution >= 0.6 is 0 Å². The maximum Gasteiger partial charge on any atom is 0.213 e. The first-order valence-electron chi connectivity index (χ1n) is 8.06. The first-order chi connectivity index (χ1) is 12.1. The van der Waals surface area contributed by atoms with Crippen LogP contribution < -0.4 is 9.47 Å². The Hall–Kier alpha value is -3.09. The van der Waals surface area contributed by atoms with Crippen molar-refractivity contribution in [3.63, 3.8) is 0 Å². The summed E-state index contributed by atoms with van der Waals surface area (Å²) in [6, 6.07) is 5.81. The second-order valence-electron chi connectivity index (χ2n) is 6.14. The van der Waals surface area contributed by atoms with E-state index >= 15 is 0 Å². The SMILES string of the molecule is COc1ccc2[nH]c(-c3cc(OC)c4ncnn4c3)c(C(C)C)c2n1. The van der Waals surface area contributed by atoms with Crippen molar-refractivity contribution in [3.05, 3.63) is 36.3 Å². The highest BCUT2D eigenvalue weighted by Gasteiger charge is 2.19. The van der Waals surface area contributed by atoms with Crippen molar-refractivity contribution < 1.29 is 9.47 Å². The molecule has 4 heterocycles. The van der Waals surface area contributed by atoms with Gasteiger partial charge in [-0.05, 0) is 18.1 Å². The Morgan fingerprint density at radius 2 is 2.00 bits per heavy atom. The summed E-state index contributed by atoms with van der Waals surface area (Å²) >= 11 is 0. The minimum absolute atomic E-state index is 0.279. The molecule has 7 nitrogen and oxygen atoms in total. The van der Waals surface area contributed by atoms with Gasteiger partial charge in [-0.15, -0.1) is 0 Å². The van der Waals surface area contributed by atoms with E-state index in [-0.39, 0.29) is 5.92 Å². The zero-order valence-corrected chi connectivity index (χ0v) is 14.6. The molecular weight excluding hydrogens is 318 g/mol. The molecule has 128 valence electrons. The predicted octanol–water partition coefficient (Wildman–Crippen LogP) is 3.41. The number of methoxy groups -OCH3 is 2. The summed E-state index contributed by atoms with van der Waals surface area (Å²) in [5.74, 6) is 1.55. The van der Waals surface area contributed by atoms with Crippen LogP contribution in [0.25, 0.3) is 27.9 Å². The number of hydrogen-bond acceptors (Lipinski definition) is 5. The van der Waals surface area contributed by atoms with Gasteiger partial charge in [-0.1, -0.05) is 13.8 Å². The Morgan fingerprint density at radius 1 is 1.16 bits per heavy atom. The summed E-state index contributed by atoms with van der Waals surface area (Å²) in [5, 5.41) is 4.25. The van der Waals surface area contributed by atoms with Crippen LogP contribution in [0, 0.1) is 0 Å². The number of pyridine rings is 2. The van der Waals surface area contributed by atoms with E-state index < -0.39 is 0 Å². The molecule has 0 aliphatic carbocycles. The molecule has 25 heavy (non-hydrogen) atoms. The van der Waals surface area contributed by atoms with Gasteiger partial charge in [0.05, 0.1) is 30.9 Å². The molecule has 7 heteroatoms. The van der Waals surface area contributed by atoms with Crippen LogP contribution in [0.15, 0.2) is 30.7 Å². The zero-order chi connectivity index (χ0) is 17.6. The lowest BCUT2D eigenvalue weighted by atomic mass is 9.99. The van der Waals surface area contributed by atoms with Gasteiger partial charge >= 0.3 is 0 Å². The smallest absolute Gasteiger partial charge is 0.213 e. The van der Waals surface area contributed by atoms with Gasteiger partial charge in [-0.25, -0.2) is 14.5 Å². The summed E-state index contributed by atoms with van der Waals surface area (Å²) in [6.45, 7) is 4.30. The molecule has 0 aliphatic rings. The van der Waals surface area contributed by atoms with E-state index in [0.29, 0.717) is 17.3 Å². The Labute approximate surface area is 144 Å². The minimum Gasteiger partial charge on any atom is -0.493 e. The van der Waals surface area contributed by atoms with Gasteiger partial charge in [0.15, 0.2) is 11.4 Å². The molecule has 0 aliphatic heterocycles. The second kappa shape index (κ2) is 5.77. The van der Waals surface area contributed by atoms with E-state index in [4.69, 9.17) is 9.47 Å². The third-order valence-electron chi connectivity index (χ3n) is 4.29. The summed E-state index contributed by atoms with van der Waals surface area (Å²) in [4.78, 5) is 12.4. The molecule has 0 amide bonds. The van der Waals surface area contributed by atoms with Gasteiger partial charge in [0, 0.05) is 23.4 Å². The number of ether oxygens (including phenoxy) is 2. The standard InChI is InChI=1S/C18H19N5O2/c1-10(2)15-16(21-12-5-6-14(25-4)22-17(12)15)11-7-13(24-3)18-19-9-20-23(18)8-11/h5-10,21H,1-4H3. The number of nitrogens with zero attached hydrogens (tertiary/aromatic N) is 4. The van der Waals surface area contributed by atoms with Gasteiger partial charge < -0.3 is 14.5 Å². The summed E-state index contributed by atoms with van der Waals surface area (Å²) < 4.78 is 12.5. The van der Waals surface area contributed by atoms with Gasteiger partial charge in [-0.2, -0.15) is 5.10 Å². The summed E-state index contributed by atoms with van der Waals surface area (Å²) in [6.07, 6.45) is 3.46. The molecule has 0 aromatic carbocycles. The fourth-order valence-electron chi connectivity index (χ4n) is 3.15. The zero-order valence-electron chi connectivity index (χ0n) is 14.6. The third kappa shape index (κ3) is 2.39. The van der Waals surface area contributed by atoms with Crippen molar-refractivity contribution in [1.29, 1.82) is 0 Å². The van der Waals surface area contributed by atoms with Crippen molar-refractivity contribution in [3.8, 4) is 22.9 Å². The Morgan fingerprint density at radius 3 is 2.72 bits per heavy atom. The average molecular weight is 337 g/mol. The lowest BCUT2D eigenvalue weighted by Crippen LogP contribution is -1.97. The van der Waals surface area contributed by atoms with Crippen LogP contribution in [0.3, 0.4) is 0 Å². The molecule has 0 atom stereocenters. The topological polar surface area (TPSA) is 77.3 Å². The maximum absolute atomic E-state index is 5.49. The highest BCUT2D eigenvalue weighted by molar-refractivity contribution is 5.89. The number of aromatic amines is 1. The number of rotatable bonds is 4. The largest absolute Gasteiger partial charge is 0.493 e. The number of nitrogens with one attached hydrogen (secondary N) is 1. The van der Waals surface area contributed by atoms with Crippen LogP contribution in [-0.2, 0) is 0 Å². The van der Waals surface area contributed by atoms with Crippen LogP contribution in [0.1, 0.15) is 25.3 Å². The monoisotopic (exact) mass is 337 g/mol. The number of H-pyrrole nitrogens is 1. The van der Waals surface area contributed by atoms with E-state index in [1.165, 1.54) is 6.33 Å². The van der Waals surface area contributed by atoms with Crippen molar-refractivity contribution in [2.75, 3.05) is 14.2 Å². The minimum atomic E-state index is 0.279. The van der Waals surface area contributed by atoms with Gasteiger partial charge in [0.2, 0.25) is 5.88 Å². The molecule has 0 spiro atoms. The molecular formula is C18H19N5O2. The quantitative estimate of drug-likeness (QED) is 0.617.